The van der Waals surface area contributed by atoms with Gasteiger partial charge in [0.15, 0.2) is 0 Å². The highest BCUT2D eigenvalue weighted by Crippen LogP contribution is 2.70. The molecule has 21 heavy (non-hydrogen) atoms. The predicted octanol–water partition coefficient (Wildman–Crippen LogP) is 4.15. The number of hydrogen-bond donors (Lipinski definition) is 0. The zero-order valence-electron chi connectivity index (χ0n) is 15.0. The Kier molecular flexibility index (Phi) is 4.08. The van der Waals surface area contributed by atoms with Crippen LogP contribution in [-0.4, -0.2) is 42.5 Å². The molecule has 0 aromatic rings. The van der Waals surface area contributed by atoms with Crippen molar-refractivity contribution in [3.8, 4) is 0 Å². The lowest BCUT2D eigenvalue weighted by atomic mass is 9.90. The van der Waals surface area contributed by atoms with E-state index < -0.39 is 0 Å². The molecular formula is C19H34N2. The minimum absolute atomic E-state index is 0.412. The fourth-order valence-corrected chi connectivity index (χ4v) is 4.60. The molecule has 0 N–H and O–H groups in total. The lowest BCUT2D eigenvalue weighted by molar-refractivity contribution is 0.204. The van der Waals surface area contributed by atoms with Gasteiger partial charge in [0.05, 0.1) is 0 Å². The molecule has 2 aliphatic rings. The van der Waals surface area contributed by atoms with Gasteiger partial charge in [0.2, 0.25) is 0 Å². The summed E-state index contributed by atoms with van der Waals surface area (Å²) in [6.45, 7) is 23.3. The van der Waals surface area contributed by atoms with Crippen LogP contribution >= 0.6 is 0 Å². The molecule has 2 rings (SSSR count). The molecule has 1 saturated heterocycles. The summed E-state index contributed by atoms with van der Waals surface area (Å²) in [5, 5.41) is 0. The van der Waals surface area contributed by atoms with Crippen molar-refractivity contribution in [2.75, 3.05) is 26.7 Å². The van der Waals surface area contributed by atoms with Crippen LogP contribution in [0.15, 0.2) is 24.9 Å². The summed E-state index contributed by atoms with van der Waals surface area (Å²) in [5.74, 6) is 0. The van der Waals surface area contributed by atoms with Gasteiger partial charge >= 0.3 is 0 Å². The van der Waals surface area contributed by atoms with Crippen molar-refractivity contribution < 1.29 is 0 Å². The highest BCUT2D eigenvalue weighted by Gasteiger charge is 2.76. The smallest absolute Gasteiger partial charge is 0.0287 e. The molecule has 1 aliphatic heterocycles. The van der Waals surface area contributed by atoms with Gasteiger partial charge in [0.25, 0.3) is 0 Å². The van der Waals surface area contributed by atoms with Crippen molar-refractivity contribution in [1.82, 2.24) is 9.80 Å². The molecule has 0 amide bonds. The van der Waals surface area contributed by atoms with Crippen LogP contribution in [0.25, 0.3) is 0 Å². The lowest BCUT2D eigenvalue weighted by Crippen LogP contribution is -2.36. The zero-order valence-corrected chi connectivity index (χ0v) is 15.0. The highest BCUT2D eigenvalue weighted by molar-refractivity contribution is 5.31. The molecule has 2 heteroatoms. The van der Waals surface area contributed by atoms with E-state index in [0.29, 0.717) is 16.2 Å². The first-order chi connectivity index (χ1) is 9.55. The van der Waals surface area contributed by atoms with Crippen molar-refractivity contribution in [1.29, 1.82) is 0 Å². The van der Waals surface area contributed by atoms with Gasteiger partial charge in [-0.1, -0.05) is 47.8 Å². The van der Waals surface area contributed by atoms with Crippen molar-refractivity contribution in [2.24, 2.45) is 16.2 Å². The molecular weight excluding hydrogens is 256 g/mol. The van der Waals surface area contributed by atoms with Gasteiger partial charge < -0.3 is 9.80 Å². The third-order valence-electron chi connectivity index (χ3n) is 5.99. The van der Waals surface area contributed by atoms with E-state index in [9.17, 15) is 0 Å². The maximum atomic E-state index is 4.11. The summed E-state index contributed by atoms with van der Waals surface area (Å²) in [6, 6.07) is 0.721. The van der Waals surface area contributed by atoms with E-state index >= 15 is 0 Å². The Labute approximate surface area is 131 Å². The molecule has 3 atom stereocenters. The van der Waals surface area contributed by atoms with E-state index in [0.717, 1.165) is 24.8 Å². The van der Waals surface area contributed by atoms with Gasteiger partial charge in [-0.3, -0.25) is 0 Å². The number of rotatable bonds is 6. The Bertz CT molecular complexity index is 415. The summed E-state index contributed by atoms with van der Waals surface area (Å²) in [6.07, 6.45) is 4.49. The molecule has 1 aliphatic carbocycles. The fraction of sp³-hybridized carbons (Fsp3) is 0.789. The Morgan fingerprint density at radius 3 is 2.24 bits per heavy atom. The fourth-order valence-electron chi connectivity index (χ4n) is 4.60. The SMILES string of the molecule is C=CC(=C)N1C[C@@]2(C)C(N(C)CCCC(C)(C)C)[C@@]2(C)C1. The van der Waals surface area contributed by atoms with Crippen LogP contribution < -0.4 is 0 Å². The third-order valence-corrected chi connectivity index (χ3v) is 5.99. The van der Waals surface area contributed by atoms with E-state index in [1.54, 1.807) is 0 Å². The Hall–Kier alpha value is -0.760. The normalized spacial score (nSPS) is 35.0. The van der Waals surface area contributed by atoms with Gasteiger partial charge in [-0.05, 0) is 37.9 Å². The number of hydrogen-bond acceptors (Lipinski definition) is 2. The van der Waals surface area contributed by atoms with E-state index in [4.69, 9.17) is 0 Å². The van der Waals surface area contributed by atoms with Gasteiger partial charge in [-0.25, -0.2) is 0 Å². The van der Waals surface area contributed by atoms with Gasteiger partial charge in [-0.15, -0.1) is 0 Å². The molecule has 0 spiro atoms. The molecule has 2 fully saturated rings. The topological polar surface area (TPSA) is 6.48 Å². The lowest BCUT2D eigenvalue weighted by Gasteiger charge is -2.30. The first-order valence-electron chi connectivity index (χ1n) is 8.32. The minimum Gasteiger partial charge on any atom is -0.371 e. The first-order valence-corrected chi connectivity index (χ1v) is 8.32. The Morgan fingerprint density at radius 1 is 1.29 bits per heavy atom. The zero-order chi connectivity index (χ0) is 16.1. The molecule has 1 heterocycles. The number of piperidine rings is 1. The van der Waals surface area contributed by atoms with Crippen LogP contribution in [-0.2, 0) is 0 Å². The van der Waals surface area contributed by atoms with Gasteiger partial charge in [0.1, 0.15) is 0 Å². The highest BCUT2D eigenvalue weighted by atomic mass is 15.3. The van der Waals surface area contributed by atoms with Crippen LogP contribution in [0.4, 0.5) is 0 Å². The van der Waals surface area contributed by atoms with Gasteiger partial charge in [0, 0.05) is 35.7 Å². The van der Waals surface area contributed by atoms with Crippen LogP contribution in [0.1, 0.15) is 47.5 Å². The monoisotopic (exact) mass is 290 g/mol. The van der Waals surface area contributed by atoms with E-state index in [-0.39, 0.29) is 0 Å². The minimum atomic E-state index is 0.412. The molecule has 0 radical (unpaired) electrons. The molecule has 1 saturated carbocycles. The second-order valence-electron chi connectivity index (χ2n) is 8.93. The summed E-state index contributed by atoms with van der Waals surface area (Å²) in [7, 11) is 2.31. The van der Waals surface area contributed by atoms with Crippen molar-refractivity contribution in [2.45, 2.75) is 53.5 Å². The van der Waals surface area contributed by atoms with Crippen LogP contribution in [0.2, 0.25) is 0 Å². The first kappa shape index (κ1) is 16.6. The quantitative estimate of drug-likeness (QED) is 0.678. The number of nitrogens with zero attached hydrogens (tertiary/aromatic N) is 2. The summed E-state index contributed by atoms with van der Waals surface area (Å²) >= 11 is 0. The maximum Gasteiger partial charge on any atom is 0.0287 e. The molecule has 120 valence electrons. The largest absolute Gasteiger partial charge is 0.371 e. The van der Waals surface area contributed by atoms with Crippen molar-refractivity contribution >= 4 is 0 Å². The van der Waals surface area contributed by atoms with E-state index in [1.165, 1.54) is 19.4 Å². The Morgan fingerprint density at radius 2 is 1.81 bits per heavy atom. The number of fused-ring (bicyclic) bond motifs is 1. The molecule has 0 aromatic heterocycles. The summed E-state index contributed by atoms with van der Waals surface area (Å²) in [4.78, 5) is 5.02. The summed E-state index contributed by atoms with van der Waals surface area (Å²) < 4.78 is 0. The van der Waals surface area contributed by atoms with Gasteiger partial charge in [-0.2, -0.15) is 0 Å². The van der Waals surface area contributed by atoms with Crippen LogP contribution in [0.3, 0.4) is 0 Å². The van der Waals surface area contributed by atoms with E-state index in [2.05, 4.69) is 64.6 Å². The predicted molar refractivity (Wildman–Crippen MR) is 92.2 cm³/mol. The number of likely N-dealkylation sites (tertiary alicyclic amines) is 1. The molecule has 1 unspecified atom stereocenters. The average Bonchev–Trinajstić information content (AvgIpc) is 2.67. The number of allylic oxidation sites excluding steroid dienone is 1. The Balaban J connectivity index is 1.90. The molecule has 2 nitrogen and oxygen atoms in total. The van der Waals surface area contributed by atoms with Crippen LogP contribution in [0, 0.1) is 16.2 Å². The second kappa shape index (κ2) is 5.15. The van der Waals surface area contributed by atoms with Crippen LogP contribution in [0.5, 0.6) is 0 Å². The standard InChI is InChI=1S/C19H34N2/c1-9-15(2)21-13-18(6)16(19(18,7)14-21)20(8)12-10-11-17(3,4)5/h9,16H,1-2,10-14H2,3-8H3/t16?,18-,19+. The van der Waals surface area contributed by atoms with Crippen molar-refractivity contribution in [3.05, 3.63) is 24.9 Å². The molecule has 0 aromatic carbocycles. The average molecular weight is 290 g/mol. The molecule has 0 bridgehead atoms. The third kappa shape index (κ3) is 2.79. The van der Waals surface area contributed by atoms with E-state index in [1.807, 2.05) is 6.08 Å². The second-order valence-corrected chi connectivity index (χ2v) is 8.93. The maximum absolute atomic E-state index is 4.11. The summed E-state index contributed by atoms with van der Waals surface area (Å²) in [5.41, 5.74) is 2.36. The van der Waals surface area contributed by atoms with Crippen molar-refractivity contribution in [3.63, 3.8) is 0 Å².